The smallest absolute Gasteiger partial charge is 0.179 e. The Morgan fingerprint density at radius 1 is 1.21 bits per heavy atom. The van der Waals surface area contributed by atoms with Crippen LogP contribution in [0, 0.1) is 0 Å². The number of nitrogens with one attached hydrogen (secondary N) is 1. The van der Waals surface area contributed by atoms with Gasteiger partial charge in [0.15, 0.2) is 11.5 Å². The Balaban J connectivity index is 2.83. The molecule has 1 N–H and O–H groups in total. The van der Waals surface area contributed by atoms with Gasteiger partial charge in [0.1, 0.15) is 0 Å². The van der Waals surface area contributed by atoms with Crippen molar-refractivity contribution in [1.82, 2.24) is 5.32 Å². The highest BCUT2D eigenvalue weighted by atomic mass is 35.5. The highest BCUT2D eigenvalue weighted by Crippen LogP contribution is 2.36. The third-order valence-corrected chi connectivity index (χ3v) is 3.42. The van der Waals surface area contributed by atoms with Gasteiger partial charge in [-0.2, -0.15) is 0 Å². The van der Waals surface area contributed by atoms with Crippen LogP contribution in [0.15, 0.2) is 12.1 Å². The van der Waals surface area contributed by atoms with Gasteiger partial charge in [-0.15, -0.1) is 0 Å². The van der Waals surface area contributed by atoms with Gasteiger partial charge in [-0.25, -0.2) is 0 Å². The van der Waals surface area contributed by atoms with Crippen LogP contribution in [0.3, 0.4) is 0 Å². The summed E-state index contributed by atoms with van der Waals surface area (Å²) in [5, 5.41) is 4.11. The Morgan fingerprint density at radius 3 is 2.42 bits per heavy atom. The van der Waals surface area contributed by atoms with E-state index in [4.69, 9.17) is 21.1 Å². The van der Waals surface area contributed by atoms with Gasteiger partial charge in [-0.1, -0.05) is 24.9 Å². The van der Waals surface area contributed by atoms with E-state index in [9.17, 15) is 0 Å². The highest BCUT2D eigenvalue weighted by Gasteiger charge is 2.16. The fourth-order valence-corrected chi connectivity index (χ4v) is 2.44. The maximum Gasteiger partial charge on any atom is 0.179 e. The normalized spacial score (nSPS) is 11.5. The minimum absolute atomic E-state index is 0.119. The molecule has 0 unspecified atom stereocenters. The molecule has 1 aromatic rings. The lowest BCUT2D eigenvalue weighted by atomic mass is 9.98. The molecule has 0 saturated carbocycles. The van der Waals surface area contributed by atoms with E-state index in [1.54, 1.807) is 14.2 Å². The highest BCUT2D eigenvalue weighted by molar-refractivity contribution is 6.32. The number of benzene rings is 1. The molecule has 0 atom stereocenters. The zero-order valence-electron chi connectivity index (χ0n) is 12.5. The first kappa shape index (κ1) is 16.1. The summed E-state index contributed by atoms with van der Waals surface area (Å²) in [7, 11) is 3.21. The Morgan fingerprint density at radius 2 is 1.89 bits per heavy atom. The summed E-state index contributed by atoms with van der Waals surface area (Å²) >= 11 is 6.19. The van der Waals surface area contributed by atoms with Crippen LogP contribution in [-0.2, 0) is 6.54 Å². The number of hydrogen-bond acceptors (Lipinski definition) is 3. The molecule has 0 fully saturated rings. The average molecular weight is 286 g/mol. The molecule has 1 rings (SSSR count). The summed E-state index contributed by atoms with van der Waals surface area (Å²) in [6.07, 6.45) is 2.29. The number of halogens is 1. The molecule has 4 heteroatoms. The summed E-state index contributed by atoms with van der Waals surface area (Å²) in [6.45, 7) is 7.36. The third kappa shape index (κ3) is 4.59. The summed E-state index contributed by atoms with van der Waals surface area (Å²) < 4.78 is 10.5. The van der Waals surface area contributed by atoms with E-state index in [2.05, 4.69) is 26.1 Å². The van der Waals surface area contributed by atoms with Gasteiger partial charge in [0, 0.05) is 12.1 Å². The van der Waals surface area contributed by atoms with Crippen molar-refractivity contribution >= 4 is 11.6 Å². The van der Waals surface area contributed by atoms with Crippen LogP contribution in [0.4, 0.5) is 0 Å². The minimum Gasteiger partial charge on any atom is -0.493 e. The van der Waals surface area contributed by atoms with Gasteiger partial charge < -0.3 is 14.8 Å². The van der Waals surface area contributed by atoms with Gasteiger partial charge in [0.25, 0.3) is 0 Å². The molecule has 19 heavy (non-hydrogen) atoms. The van der Waals surface area contributed by atoms with Crippen molar-refractivity contribution in [2.45, 2.75) is 45.7 Å². The molecule has 0 heterocycles. The first-order valence-electron chi connectivity index (χ1n) is 6.59. The van der Waals surface area contributed by atoms with E-state index in [0.29, 0.717) is 16.5 Å². The van der Waals surface area contributed by atoms with Gasteiger partial charge >= 0.3 is 0 Å². The quantitative estimate of drug-likeness (QED) is 0.820. The first-order chi connectivity index (χ1) is 8.93. The zero-order chi connectivity index (χ0) is 14.5. The SMILES string of the molecule is CCCC(C)(C)NCc1cc(Cl)c(OC)c(OC)c1. The molecule has 0 saturated heterocycles. The summed E-state index contributed by atoms with van der Waals surface area (Å²) in [5.74, 6) is 1.25. The Bertz CT molecular complexity index is 419. The van der Waals surface area contributed by atoms with Crippen LogP contribution in [0.25, 0.3) is 0 Å². The van der Waals surface area contributed by atoms with Gasteiger partial charge in [0.05, 0.1) is 19.2 Å². The van der Waals surface area contributed by atoms with Crippen LogP contribution < -0.4 is 14.8 Å². The van der Waals surface area contributed by atoms with E-state index in [1.165, 1.54) is 0 Å². The Kier molecular flexibility index (Phi) is 5.95. The van der Waals surface area contributed by atoms with Crippen molar-refractivity contribution in [2.24, 2.45) is 0 Å². The van der Waals surface area contributed by atoms with Gasteiger partial charge in [-0.05, 0) is 38.0 Å². The molecular formula is C15H24ClNO2. The van der Waals surface area contributed by atoms with Crippen LogP contribution in [0.1, 0.15) is 39.2 Å². The summed E-state index contributed by atoms with van der Waals surface area (Å²) in [6, 6.07) is 3.87. The maximum atomic E-state index is 6.19. The van der Waals surface area contributed by atoms with Crippen LogP contribution >= 0.6 is 11.6 Å². The Hall–Kier alpha value is -0.930. The second-order valence-electron chi connectivity index (χ2n) is 5.30. The minimum atomic E-state index is 0.119. The topological polar surface area (TPSA) is 30.5 Å². The maximum absolute atomic E-state index is 6.19. The van der Waals surface area contributed by atoms with Crippen molar-refractivity contribution in [3.05, 3.63) is 22.7 Å². The van der Waals surface area contributed by atoms with Crippen LogP contribution in [0.2, 0.25) is 5.02 Å². The zero-order valence-corrected chi connectivity index (χ0v) is 13.2. The number of hydrogen-bond donors (Lipinski definition) is 1. The molecule has 0 aromatic heterocycles. The van der Waals surface area contributed by atoms with Crippen molar-refractivity contribution in [1.29, 1.82) is 0 Å². The fraction of sp³-hybridized carbons (Fsp3) is 0.600. The van der Waals surface area contributed by atoms with Crippen molar-refractivity contribution in [3.63, 3.8) is 0 Å². The molecule has 0 amide bonds. The fourth-order valence-electron chi connectivity index (χ4n) is 2.13. The molecule has 108 valence electrons. The second-order valence-corrected chi connectivity index (χ2v) is 5.71. The van der Waals surface area contributed by atoms with E-state index in [0.717, 1.165) is 24.9 Å². The lowest BCUT2D eigenvalue weighted by molar-refractivity contribution is 0.349. The standard InChI is InChI=1S/C15H24ClNO2/c1-6-7-15(2,3)17-10-11-8-12(16)14(19-5)13(9-11)18-4/h8-9,17H,6-7,10H2,1-5H3. The number of rotatable bonds is 7. The van der Waals surface area contributed by atoms with E-state index >= 15 is 0 Å². The van der Waals surface area contributed by atoms with Crippen molar-refractivity contribution in [2.75, 3.05) is 14.2 Å². The predicted molar refractivity (Wildman–Crippen MR) is 80.4 cm³/mol. The molecule has 0 radical (unpaired) electrons. The average Bonchev–Trinajstić information content (AvgIpc) is 2.35. The molecule has 0 bridgehead atoms. The van der Waals surface area contributed by atoms with E-state index in [1.807, 2.05) is 12.1 Å². The number of methoxy groups -OCH3 is 2. The molecule has 0 spiro atoms. The van der Waals surface area contributed by atoms with E-state index in [-0.39, 0.29) is 5.54 Å². The number of ether oxygens (including phenoxy) is 2. The van der Waals surface area contributed by atoms with Gasteiger partial charge in [0.2, 0.25) is 0 Å². The molecular weight excluding hydrogens is 262 g/mol. The van der Waals surface area contributed by atoms with Crippen molar-refractivity contribution in [3.8, 4) is 11.5 Å². The predicted octanol–water partition coefficient (Wildman–Crippen LogP) is 4.03. The Labute approximate surface area is 121 Å². The second kappa shape index (κ2) is 7.01. The lowest BCUT2D eigenvalue weighted by Gasteiger charge is -2.26. The monoisotopic (exact) mass is 285 g/mol. The molecule has 0 aliphatic rings. The molecule has 1 aromatic carbocycles. The lowest BCUT2D eigenvalue weighted by Crippen LogP contribution is -2.38. The van der Waals surface area contributed by atoms with Gasteiger partial charge in [-0.3, -0.25) is 0 Å². The summed E-state index contributed by atoms with van der Waals surface area (Å²) in [4.78, 5) is 0. The van der Waals surface area contributed by atoms with Crippen LogP contribution in [0.5, 0.6) is 11.5 Å². The summed E-state index contributed by atoms with van der Waals surface area (Å²) in [5.41, 5.74) is 1.21. The van der Waals surface area contributed by atoms with Crippen LogP contribution in [-0.4, -0.2) is 19.8 Å². The first-order valence-corrected chi connectivity index (χ1v) is 6.96. The third-order valence-electron chi connectivity index (χ3n) is 3.14. The molecule has 3 nitrogen and oxygen atoms in total. The largest absolute Gasteiger partial charge is 0.493 e. The molecule has 0 aliphatic carbocycles. The van der Waals surface area contributed by atoms with Crippen molar-refractivity contribution < 1.29 is 9.47 Å². The van der Waals surface area contributed by atoms with E-state index < -0.39 is 0 Å². The molecule has 0 aliphatic heterocycles.